The molecule has 1 aliphatic heterocycles. The van der Waals surface area contributed by atoms with E-state index in [1.165, 1.54) is 0 Å². The summed E-state index contributed by atoms with van der Waals surface area (Å²) < 4.78 is 5.47. The van der Waals surface area contributed by atoms with Crippen LogP contribution < -0.4 is 10.6 Å². The van der Waals surface area contributed by atoms with E-state index in [2.05, 4.69) is 21.5 Å². The predicted octanol–water partition coefficient (Wildman–Crippen LogP) is 2.83. The molecule has 0 radical (unpaired) electrons. The molecule has 0 spiro atoms. The number of halogens is 1. The summed E-state index contributed by atoms with van der Waals surface area (Å²) in [5.74, 6) is 3.75. The van der Waals surface area contributed by atoms with Crippen LogP contribution in [0.4, 0.5) is 4.79 Å². The first-order chi connectivity index (χ1) is 11.4. The fourth-order valence-electron chi connectivity index (χ4n) is 2.63. The van der Waals surface area contributed by atoms with Gasteiger partial charge in [-0.15, -0.1) is 30.4 Å². The summed E-state index contributed by atoms with van der Waals surface area (Å²) in [5, 5.41) is 6.25. The van der Waals surface area contributed by atoms with Crippen LogP contribution in [0, 0.1) is 18.3 Å². The van der Waals surface area contributed by atoms with Crippen LogP contribution in [0.3, 0.4) is 0 Å². The van der Waals surface area contributed by atoms with E-state index in [1.807, 2.05) is 32.6 Å². The van der Waals surface area contributed by atoms with E-state index in [1.54, 1.807) is 0 Å². The maximum Gasteiger partial charge on any atom is 0.410 e. The molecule has 25 heavy (non-hydrogen) atoms. The van der Waals surface area contributed by atoms with E-state index >= 15 is 0 Å². The van der Waals surface area contributed by atoms with Crippen molar-refractivity contribution in [1.29, 1.82) is 0 Å². The van der Waals surface area contributed by atoms with E-state index in [9.17, 15) is 4.79 Å². The van der Waals surface area contributed by atoms with Gasteiger partial charge in [-0.25, -0.2) is 4.79 Å². The molecule has 1 saturated heterocycles. The van der Waals surface area contributed by atoms with E-state index < -0.39 is 5.60 Å². The van der Waals surface area contributed by atoms with Crippen molar-refractivity contribution < 1.29 is 9.53 Å². The Morgan fingerprint density at radius 1 is 1.40 bits per heavy atom. The fraction of sp³-hybridized carbons (Fsp3) is 0.778. The van der Waals surface area contributed by atoms with Gasteiger partial charge in [-0.1, -0.05) is 5.92 Å². The topological polar surface area (TPSA) is 66.0 Å². The number of likely N-dealkylation sites (tertiary alicyclic amines) is 1. The summed E-state index contributed by atoms with van der Waals surface area (Å²) >= 11 is 0. The predicted molar refractivity (Wildman–Crippen MR) is 113 cm³/mol. The molecule has 1 heterocycles. The Morgan fingerprint density at radius 3 is 2.72 bits per heavy atom. The van der Waals surface area contributed by atoms with Crippen molar-refractivity contribution in [2.45, 2.75) is 52.6 Å². The number of amides is 1. The lowest BCUT2D eigenvalue weighted by atomic mass is 9.95. The van der Waals surface area contributed by atoms with Gasteiger partial charge in [0.25, 0.3) is 0 Å². The minimum absolute atomic E-state index is 0. The van der Waals surface area contributed by atoms with Gasteiger partial charge in [0, 0.05) is 26.2 Å². The Kier molecular flexibility index (Phi) is 11.7. The zero-order valence-electron chi connectivity index (χ0n) is 15.9. The van der Waals surface area contributed by atoms with Gasteiger partial charge in [0.15, 0.2) is 5.96 Å². The molecule has 1 fully saturated rings. The number of carbonyl (C=O) groups excluding carboxylic acids is 1. The number of piperidine rings is 1. The Morgan fingerprint density at radius 2 is 2.12 bits per heavy atom. The maximum atomic E-state index is 12.2. The van der Waals surface area contributed by atoms with Gasteiger partial charge < -0.3 is 20.3 Å². The number of hydrogen-bond donors (Lipinski definition) is 2. The number of ether oxygens (including phenoxy) is 1. The smallest absolute Gasteiger partial charge is 0.410 e. The van der Waals surface area contributed by atoms with Crippen LogP contribution in [-0.4, -0.2) is 55.3 Å². The highest BCUT2D eigenvalue weighted by atomic mass is 127. The van der Waals surface area contributed by atoms with Crippen molar-refractivity contribution in [3.63, 3.8) is 0 Å². The maximum absolute atomic E-state index is 12.2. The molecule has 0 saturated carbocycles. The first-order valence-corrected chi connectivity index (χ1v) is 8.79. The molecule has 6 nitrogen and oxygen atoms in total. The van der Waals surface area contributed by atoms with Crippen molar-refractivity contribution in [2.24, 2.45) is 10.9 Å². The molecule has 1 rings (SSSR count). The monoisotopic (exact) mass is 464 g/mol. The highest BCUT2D eigenvalue weighted by Crippen LogP contribution is 2.21. The molecule has 1 amide bonds. The lowest BCUT2D eigenvalue weighted by Crippen LogP contribution is -2.43. The first kappa shape index (κ1) is 23.8. The molecular formula is C18H33IN4O2. The first-order valence-electron chi connectivity index (χ1n) is 8.79. The molecule has 1 atom stereocenters. The molecule has 0 aromatic carbocycles. The van der Waals surface area contributed by atoms with Gasteiger partial charge in [-0.05, 0) is 52.9 Å². The quantitative estimate of drug-likeness (QED) is 0.284. The Labute approximate surface area is 169 Å². The molecule has 1 aliphatic rings. The molecule has 0 aromatic heterocycles. The Hall–Kier alpha value is -1.17. The summed E-state index contributed by atoms with van der Waals surface area (Å²) in [7, 11) is 0. The van der Waals surface area contributed by atoms with Crippen LogP contribution in [0.2, 0.25) is 0 Å². The highest BCUT2D eigenvalue weighted by Gasteiger charge is 2.27. The van der Waals surface area contributed by atoms with Crippen molar-refractivity contribution in [1.82, 2.24) is 15.5 Å². The number of hydrogen-bond acceptors (Lipinski definition) is 3. The number of rotatable bonds is 5. The summed E-state index contributed by atoms with van der Waals surface area (Å²) in [4.78, 5) is 18.5. The van der Waals surface area contributed by atoms with Crippen molar-refractivity contribution in [2.75, 3.05) is 32.7 Å². The number of aliphatic imine (C=N–C) groups is 1. The molecule has 0 aromatic rings. The van der Waals surface area contributed by atoms with E-state index in [4.69, 9.17) is 11.2 Å². The molecule has 144 valence electrons. The third kappa shape index (κ3) is 10.4. The average molecular weight is 464 g/mol. The normalized spacial score (nSPS) is 18.0. The van der Waals surface area contributed by atoms with Crippen molar-refractivity contribution in [3.05, 3.63) is 0 Å². The van der Waals surface area contributed by atoms with Gasteiger partial charge in [-0.3, -0.25) is 4.99 Å². The van der Waals surface area contributed by atoms with Gasteiger partial charge in [0.05, 0.1) is 6.54 Å². The third-order valence-electron chi connectivity index (χ3n) is 3.68. The Balaban J connectivity index is 0.00000576. The number of nitrogens with one attached hydrogen (secondary N) is 2. The molecule has 0 aliphatic carbocycles. The van der Waals surface area contributed by atoms with Crippen molar-refractivity contribution in [3.8, 4) is 12.3 Å². The van der Waals surface area contributed by atoms with E-state index in [-0.39, 0.29) is 30.1 Å². The second-order valence-electron chi connectivity index (χ2n) is 7.04. The van der Waals surface area contributed by atoms with Gasteiger partial charge in [-0.2, -0.15) is 0 Å². The number of carbonyl (C=O) groups is 1. The van der Waals surface area contributed by atoms with Gasteiger partial charge in [0.2, 0.25) is 0 Å². The summed E-state index contributed by atoms with van der Waals surface area (Å²) in [6.07, 6.45) is 8.15. The standard InChI is InChI=1S/C18H32N4O2.HI/c1-6-11-20-16(19-7-2)21-12-10-15-9-8-13-22(14-15)17(23)24-18(3,4)5;/h1,15H,7-14H2,2-5H3,(H2,19,20,21);1H. The lowest BCUT2D eigenvalue weighted by molar-refractivity contribution is 0.0163. The van der Waals surface area contributed by atoms with Crippen LogP contribution in [-0.2, 0) is 4.74 Å². The molecule has 0 bridgehead atoms. The van der Waals surface area contributed by atoms with E-state index in [0.29, 0.717) is 19.0 Å². The largest absolute Gasteiger partial charge is 0.444 e. The molecule has 7 heteroatoms. The summed E-state index contributed by atoms with van der Waals surface area (Å²) in [5.41, 5.74) is -0.447. The Bertz CT molecular complexity index is 469. The highest BCUT2D eigenvalue weighted by molar-refractivity contribution is 14.0. The third-order valence-corrected chi connectivity index (χ3v) is 3.68. The van der Waals surface area contributed by atoms with E-state index in [0.717, 1.165) is 44.9 Å². The fourth-order valence-corrected chi connectivity index (χ4v) is 2.63. The second kappa shape index (κ2) is 12.2. The number of guanidine groups is 1. The van der Waals surface area contributed by atoms with Gasteiger partial charge in [0.1, 0.15) is 5.60 Å². The SMILES string of the molecule is C#CCNC(=NCCC1CCCN(C(=O)OC(C)(C)C)C1)NCC.I. The van der Waals surface area contributed by atoms with Crippen LogP contribution in [0.25, 0.3) is 0 Å². The van der Waals surface area contributed by atoms with Crippen LogP contribution in [0.15, 0.2) is 4.99 Å². The van der Waals surface area contributed by atoms with Crippen LogP contribution in [0.1, 0.15) is 47.0 Å². The molecule has 2 N–H and O–H groups in total. The minimum atomic E-state index is -0.447. The van der Waals surface area contributed by atoms with Crippen molar-refractivity contribution >= 4 is 36.0 Å². The summed E-state index contributed by atoms with van der Waals surface area (Å²) in [6.45, 7) is 11.2. The number of terminal acetylenes is 1. The van der Waals surface area contributed by atoms with Crippen LogP contribution >= 0.6 is 24.0 Å². The lowest BCUT2D eigenvalue weighted by Gasteiger charge is -2.34. The molecular weight excluding hydrogens is 431 g/mol. The molecule has 1 unspecified atom stereocenters. The average Bonchev–Trinajstić information content (AvgIpc) is 2.51. The second-order valence-corrected chi connectivity index (χ2v) is 7.04. The minimum Gasteiger partial charge on any atom is -0.444 e. The summed E-state index contributed by atoms with van der Waals surface area (Å²) in [6, 6.07) is 0. The zero-order valence-corrected chi connectivity index (χ0v) is 18.3. The zero-order chi connectivity index (χ0) is 18.0. The number of nitrogens with zero attached hydrogens (tertiary/aromatic N) is 2. The van der Waals surface area contributed by atoms with Crippen LogP contribution in [0.5, 0.6) is 0 Å². The van der Waals surface area contributed by atoms with Gasteiger partial charge >= 0.3 is 6.09 Å².